The monoisotopic (exact) mass is 432 g/mol. The topological polar surface area (TPSA) is 77.5 Å². The van der Waals surface area contributed by atoms with Crippen molar-refractivity contribution in [3.63, 3.8) is 0 Å². The molecule has 0 aliphatic carbocycles. The van der Waals surface area contributed by atoms with Crippen molar-refractivity contribution in [3.05, 3.63) is 82.9 Å². The molecule has 6 nitrogen and oxygen atoms in total. The van der Waals surface area contributed by atoms with E-state index in [9.17, 15) is 9.59 Å². The first-order valence-corrected chi connectivity index (χ1v) is 10.4. The molecule has 0 aliphatic rings. The Bertz CT molecular complexity index is 1230. The van der Waals surface area contributed by atoms with Crippen LogP contribution in [-0.2, 0) is 11.2 Å². The summed E-state index contributed by atoms with van der Waals surface area (Å²) in [7, 11) is 1.48. The average molecular weight is 433 g/mol. The molecule has 4 aromatic rings. The summed E-state index contributed by atoms with van der Waals surface area (Å²) in [6.45, 7) is -0.199. The number of aromatic nitrogens is 1. The van der Waals surface area contributed by atoms with E-state index in [4.69, 9.17) is 9.47 Å². The number of hydrogen-bond donors (Lipinski definition) is 1. The third-order valence-electron chi connectivity index (χ3n) is 4.73. The Labute approximate surface area is 183 Å². The number of anilines is 1. The summed E-state index contributed by atoms with van der Waals surface area (Å²) in [4.78, 5) is 28.5. The first-order chi connectivity index (χ1) is 15.2. The summed E-state index contributed by atoms with van der Waals surface area (Å²) >= 11 is 1.44. The van der Waals surface area contributed by atoms with Gasteiger partial charge < -0.3 is 9.47 Å². The number of nitrogens with one attached hydrogen (secondary N) is 1. The molecule has 1 heterocycles. The van der Waals surface area contributed by atoms with Crippen LogP contribution >= 0.6 is 11.3 Å². The van der Waals surface area contributed by atoms with E-state index in [1.54, 1.807) is 24.4 Å². The van der Waals surface area contributed by atoms with Gasteiger partial charge in [0.1, 0.15) is 6.29 Å². The molecule has 0 radical (unpaired) electrons. The maximum Gasteiger partial charge on any atom is 0.264 e. The van der Waals surface area contributed by atoms with Gasteiger partial charge in [0, 0.05) is 23.1 Å². The summed E-state index contributed by atoms with van der Waals surface area (Å²) in [5.74, 6) is 0.454. The van der Waals surface area contributed by atoms with Crippen molar-refractivity contribution < 1.29 is 19.1 Å². The molecule has 1 aromatic heterocycles. The number of hydrogen-bond acceptors (Lipinski definition) is 6. The molecule has 0 saturated carbocycles. The molecular weight excluding hydrogens is 412 g/mol. The van der Waals surface area contributed by atoms with Crippen molar-refractivity contribution in [2.45, 2.75) is 6.42 Å². The molecule has 7 heteroatoms. The minimum absolute atomic E-state index is 0.199. The predicted octanol–water partition coefficient (Wildman–Crippen LogP) is 4.73. The van der Waals surface area contributed by atoms with Crippen LogP contribution in [0.15, 0.2) is 66.9 Å². The molecule has 31 heavy (non-hydrogen) atoms. The van der Waals surface area contributed by atoms with Gasteiger partial charge in [-0.1, -0.05) is 42.5 Å². The predicted molar refractivity (Wildman–Crippen MR) is 121 cm³/mol. The number of nitrogens with zero attached hydrogens (tertiary/aromatic N) is 1. The number of carbonyl (C=O) groups is 2. The lowest BCUT2D eigenvalue weighted by Gasteiger charge is -2.10. The molecule has 0 fully saturated rings. The van der Waals surface area contributed by atoms with Crippen LogP contribution in [0.4, 0.5) is 5.13 Å². The van der Waals surface area contributed by atoms with E-state index in [2.05, 4.69) is 40.6 Å². The summed E-state index contributed by atoms with van der Waals surface area (Å²) in [5, 5.41) is 5.70. The first kappa shape index (κ1) is 20.6. The van der Waals surface area contributed by atoms with Crippen LogP contribution in [0.5, 0.6) is 11.5 Å². The number of ether oxygens (including phenoxy) is 2. The fourth-order valence-electron chi connectivity index (χ4n) is 3.26. The van der Waals surface area contributed by atoms with Gasteiger partial charge in [0.15, 0.2) is 23.2 Å². The number of amides is 1. The second-order valence-electron chi connectivity index (χ2n) is 6.81. The van der Waals surface area contributed by atoms with E-state index >= 15 is 0 Å². The molecule has 3 aromatic carbocycles. The van der Waals surface area contributed by atoms with E-state index in [0.29, 0.717) is 22.2 Å². The van der Waals surface area contributed by atoms with Crippen molar-refractivity contribution in [1.29, 1.82) is 0 Å². The second-order valence-corrected chi connectivity index (χ2v) is 7.93. The summed E-state index contributed by atoms with van der Waals surface area (Å²) < 4.78 is 10.7. The van der Waals surface area contributed by atoms with Crippen molar-refractivity contribution >= 4 is 39.4 Å². The molecule has 1 N–H and O–H groups in total. The minimum Gasteiger partial charge on any atom is -0.493 e. The van der Waals surface area contributed by atoms with Gasteiger partial charge in [-0.25, -0.2) is 4.98 Å². The Morgan fingerprint density at radius 1 is 1.10 bits per heavy atom. The van der Waals surface area contributed by atoms with Gasteiger partial charge in [0.2, 0.25) is 0 Å². The van der Waals surface area contributed by atoms with Crippen LogP contribution in [-0.4, -0.2) is 30.9 Å². The fourth-order valence-corrected chi connectivity index (χ4v) is 4.11. The number of benzene rings is 3. The van der Waals surface area contributed by atoms with Crippen molar-refractivity contribution in [3.8, 4) is 11.5 Å². The molecule has 4 rings (SSSR count). The van der Waals surface area contributed by atoms with Crippen LogP contribution in [0.1, 0.15) is 20.8 Å². The highest BCUT2D eigenvalue weighted by atomic mass is 32.1. The summed E-state index contributed by atoms with van der Waals surface area (Å²) in [5.41, 5.74) is 1.68. The minimum atomic E-state index is -0.326. The molecule has 0 atom stereocenters. The van der Waals surface area contributed by atoms with Gasteiger partial charge in [-0.2, -0.15) is 0 Å². The average Bonchev–Trinajstić information content (AvgIpc) is 3.24. The van der Waals surface area contributed by atoms with Gasteiger partial charge in [0.25, 0.3) is 5.91 Å². The molecule has 0 spiro atoms. The van der Waals surface area contributed by atoms with Gasteiger partial charge >= 0.3 is 0 Å². The Hall–Kier alpha value is -3.71. The number of aldehydes is 1. The van der Waals surface area contributed by atoms with Crippen LogP contribution in [0.25, 0.3) is 10.8 Å². The smallest absolute Gasteiger partial charge is 0.264 e. The van der Waals surface area contributed by atoms with E-state index in [1.165, 1.54) is 34.8 Å². The van der Waals surface area contributed by atoms with Gasteiger partial charge in [-0.05, 0) is 34.5 Å². The Morgan fingerprint density at radius 2 is 1.94 bits per heavy atom. The zero-order valence-corrected chi connectivity index (χ0v) is 17.6. The molecule has 0 bridgehead atoms. The normalized spacial score (nSPS) is 10.6. The van der Waals surface area contributed by atoms with Gasteiger partial charge in [-0.3, -0.25) is 14.9 Å². The quantitative estimate of drug-likeness (QED) is 0.408. The third-order valence-corrected chi connectivity index (χ3v) is 5.64. The van der Waals surface area contributed by atoms with Crippen molar-refractivity contribution in [2.24, 2.45) is 0 Å². The molecule has 1 amide bonds. The Balaban J connectivity index is 1.38. The fraction of sp³-hybridized carbons (Fsp3) is 0.125. The van der Waals surface area contributed by atoms with Crippen LogP contribution in [0, 0.1) is 0 Å². The van der Waals surface area contributed by atoms with Crippen LogP contribution in [0.2, 0.25) is 0 Å². The highest BCUT2D eigenvalue weighted by molar-refractivity contribution is 7.15. The standard InChI is InChI=1S/C24H20N2O4S/c1-29-22-11-16(14-27)9-10-21(22)30-15-23(28)26-24-25-13-19(31-24)12-18-7-4-6-17-5-2-3-8-20(17)18/h2-11,13-14H,12,15H2,1H3,(H,25,26,28). The van der Waals surface area contributed by atoms with E-state index < -0.39 is 0 Å². The lowest BCUT2D eigenvalue weighted by atomic mass is 10.0. The molecule has 156 valence electrons. The van der Waals surface area contributed by atoms with Crippen LogP contribution < -0.4 is 14.8 Å². The second kappa shape index (κ2) is 9.40. The van der Waals surface area contributed by atoms with Crippen molar-refractivity contribution in [2.75, 3.05) is 19.0 Å². The highest BCUT2D eigenvalue weighted by Gasteiger charge is 2.11. The van der Waals surface area contributed by atoms with Crippen molar-refractivity contribution in [1.82, 2.24) is 4.98 Å². The summed E-state index contributed by atoms with van der Waals surface area (Å²) in [6, 6.07) is 19.3. The van der Waals surface area contributed by atoms with Crippen LogP contribution in [0.3, 0.4) is 0 Å². The SMILES string of the molecule is COc1cc(C=O)ccc1OCC(=O)Nc1ncc(Cc2cccc3ccccc23)s1. The van der Waals surface area contributed by atoms with Gasteiger partial charge in [0.05, 0.1) is 7.11 Å². The highest BCUT2D eigenvalue weighted by Crippen LogP contribution is 2.28. The molecule has 0 saturated heterocycles. The number of fused-ring (bicyclic) bond motifs is 1. The summed E-state index contributed by atoms with van der Waals surface area (Å²) in [6.07, 6.45) is 3.24. The van der Waals surface area contributed by atoms with E-state index in [1.807, 2.05) is 12.1 Å². The third kappa shape index (κ3) is 4.90. The largest absolute Gasteiger partial charge is 0.493 e. The lowest BCUT2D eigenvalue weighted by Crippen LogP contribution is -2.20. The zero-order chi connectivity index (χ0) is 21.6. The van der Waals surface area contributed by atoms with E-state index in [0.717, 1.165) is 17.6 Å². The zero-order valence-electron chi connectivity index (χ0n) is 16.8. The molecular formula is C24H20N2O4S. The molecule has 0 unspecified atom stereocenters. The Kier molecular flexibility index (Phi) is 6.24. The lowest BCUT2D eigenvalue weighted by molar-refractivity contribution is -0.118. The maximum atomic E-state index is 12.3. The van der Waals surface area contributed by atoms with E-state index in [-0.39, 0.29) is 12.5 Å². The maximum absolute atomic E-state index is 12.3. The number of carbonyl (C=O) groups excluding carboxylic acids is 2. The first-order valence-electron chi connectivity index (χ1n) is 9.63. The number of rotatable bonds is 8. The molecule has 0 aliphatic heterocycles. The van der Waals surface area contributed by atoms with Gasteiger partial charge in [-0.15, -0.1) is 11.3 Å². The Morgan fingerprint density at radius 3 is 2.77 bits per heavy atom. The number of methoxy groups -OCH3 is 1. The number of thiazole rings is 1.